The summed E-state index contributed by atoms with van der Waals surface area (Å²) in [4.78, 5) is 1.96. The summed E-state index contributed by atoms with van der Waals surface area (Å²) >= 11 is 54.2. The number of hydrogen-bond donors (Lipinski definition) is 0. The van der Waals surface area contributed by atoms with Crippen molar-refractivity contribution in [3.63, 3.8) is 0 Å². The SMILES string of the molecule is BrC1C(Br)C(Br)C(OC2C(Br)C(Br)C(OC3C(Br)C(Br)C(Br)C(Br)C3Br)C(Br)C2Br)C(Br)C1Br. The van der Waals surface area contributed by atoms with Crippen LogP contribution in [0, 0.1) is 0 Å². The van der Waals surface area contributed by atoms with Gasteiger partial charge in [0.05, 0.1) is 63.0 Å². The first-order chi connectivity index (χ1) is 15.7. The molecule has 3 rings (SSSR count). The Morgan fingerprint density at radius 2 is 0.324 bits per heavy atom. The van der Waals surface area contributed by atoms with Gasteiger partial charge in [0, 0.05) is 29.0 Å². The third-order valence-electron chi connectivity index (χ3n) is 6.18. The molecule has 0 N–H and O–H groups in total. The molecule has 3 saturated carbocycles. The minimum atomic E-state index is -0.101. The van der Waals surface area contributed by atoms with Gasteiger partial charge < -0.3 is 9.47 Å². The number of hydrogen-bond acceptors (Lipinski definition) is 2. The third-order valence-corrected chi connectivity index (χ3v) is 28.8. The van der Waals surface area contributed by atoms with Crippen LogP contribution >= 0.6 is 223 Å². The van der Waals surface area contributed by atoms with E-state index in [9.17, 15) is 0 Å². The second kappa shape index (κ2) is 15.1. The molecule has 12 unspecified atom stereocenters. The number of ether oxygens (including phenoxy) is 2. The highest BCUT2D eigenvalue weighted by atomic mass is 79.9. The lowest BCUT2D eigenvalue weighted by Crippen LogP contribution is -2.63. The zero-order chi connectivity index (χ0) is 25.8. The zero-order valence-corrected chi connectivity index (χ0v) is 38.7. The molecule has 0 amide bonds. The van der Waals surface area contributed by atoms with E-state index in [2.05, 4.69) is 223 Å². The maximum Gasteiger partial charge on any atom is 0.0853 e. The largest absolute Gasteiger partial charge is 0.370 e. The first-order valence-electron chi connectivity index (χ1n) is 10.00. The summed E-state index contributed by atoms with van der Waals surface area (Å²) in [5.74, 6) is 0. The molecule has 0 heterocycles. The Labute approximate surface area is 318 Å². The first kappa shape index (κ1) is 35.1. The standard InChI is InChI=1S/C18H18Br14O2/c19-1-3(21)7(25)15(8(26)4(1)22)33-17-11(29)13(31)18(14(32)12(17)30)34-16-9(27)5(23)2(20)6(24)10(16)28/h1-18H. The maximum atomic E-state index is 6.82. The van der Waals surface area contributed by atoms with E-state index in [1.807, 2.05) is 0 Å². The van der Waals surface area contributed by atoms with Gasteiger partial charge in [-0.05, 0) is 0 Å². The molecule has 0 radical (unpaired) electrons. The van der Waals surface area contributed by atoms with Crippen LogP contribution in [0.3, 0.4) is 0 Å². The van der Waals surface area contributed by atoms with Crippen LogP contribution in [0.2, 0.25) is 0 Å². The van der Waals surface area contributed by atoms with Crippen molar-refractivity contribution in [2.75, 3.05) is 0 Å². The highest BCUT2D eigenvalue weighted by Gasteiger charge is 2.55. The van der Waals surface area contributed by atoms with Crippen molar-refractivity contribution >= 4 is 223 Å². The summed E-state index contributed by atoms with van der Waals surface area (Å²) in [6.45, 7) is 0. The van der Waals surface area contributed by atoms with Gasteiger partial charge in [0.15, 0.2) is 0 Å². The van der Waals surface area contributed by atoms with Crippen LogP contribution in [0.25, 0.3) is 0 Å². The Hall–Kier alpha value is 6.64. The lowest BCUT2D eigenvalue weighted by atomic mass is 9.91. The Bertz CT molecular complexity index is 589. The lowest BCUT2D eigenvalue weighted by molar-refractivity contribution is -0.0664. The second-order valence-corrected chi connectivity index (χ2v) is 23.2. The highest BCUT2D eigenvalue weighted by molar-refractivity contribution is 9.16. The predicted molar refractivity (Wildman–Crippen MR) is 195 cm³/mol. The second-order valence-electron chi connectivity index (χ2n) is 8.35. The third kappa shape index (κ3) is 7.29. The minimum Gasteiger partial charge on any atom is -0.370 e. The van der Waals surface area contributed by atoms with Crippen molar-refractivity contribution in [3.05, 3.63) is 0 Å². The van der Waals surface area contributed by atoms with Crippen LogP contribution in [-0.4, -0.2) is 92.0 Å². The Morgan fingerprint density at radius 3 is 0.500 bits per heavy atom. The van der Waals surface area contributed by atoms with Crippen LogP contribution in [-0.2, 0) is 9.47 Å². The summed E-state index contributed by atoms with van der Waals surface area (Å²) < 4.78 is 13.6. The van der Waals surface area contributed by atoms with Crippen molar-refractivity contribution in [2.24, 2.45) is 0 Å². The molecule has 0 bridgehead atoms. The molecule has 12 atom stereocenters. The van der Waals surface area contributed by atoms with Crippen LogP contribution in [0.4, 0.5) is 0 Å². The monoisotopic (exact) mass is 1370 g/mol. The number of rotatable bonds is 4. The lowest BCUT2D eigenvalue weighted by Gasteiger charge is -2.50. The van der Waals surface area contributed by atoms with Crippen molar-refractivity contribution in [3.8, 4) is 0 Å². The molecule has 16 heteroatoms. The molecule has 0 spiro atoms. The van der Waals surface area contributed by atoms with Gasteiger partial charge >= 0.3 is 0 Å². The van der Waals surface area contributed by atoms with Gasteiger partial charge in [-0.3, -0.25) is 0 Å². The van der Waals surface area contributed by atoms with E-state index in [4.69, 9.17) is 9.47 Å². The van der Waals surface area contributed by atoms with E-state index >= 15 is 0 Å². The molecule has 0 aromatic heterocycles. The Morgan fingerprint density at radius 1 is 0.206 bits per heavy atom. The fourth-order valence-corrected chi connectivity index (χ4v) is 18.2. The topological polar surface area (TPSA) is 18.5 Å². The van der Waals surface area contributed by atoms with Crippen molar-refractivity contribution in [2.45, 2.75) is 92.0 Å². The van der Waals surface area contributed by atoms with Crippen molar-refractivity contribution in [1.29, 1.82) is 0 Å². The molecule has 0 aliphatic heterocycles. The Balaban J connectivity index is 1.76. The zero-order valence-electron chi connectivity index (χ0n) is 16.5. The molecular weight excluding hydrogens is 1370 g/mol. The van der Waals surface area contributed by atoms with Crippen LogP contribution < -0.4 is 0 Å². The summed E-state index contributed by atoms with van der Waals surface area (Å²) in [5.41, 5.74) is 0. The average Bonchev–Trinajstić information content (AvgIpc) is 2.81. The molecule has 34 heavy (non-hydrogen) atoms. The molecule has 0 aromatic rings. The minimum absolute atomic E-state index is 0.0221. The molecule has 2 nitrogen and oxygen atoms in total. The quantitative estimate of drug-likeness (QED) is 0.261. The van der Waals surface area contributed by atoms with E-state index in [-0.39, 0.29) is 92.0 Å². The van der Waals surface area contributed by atoms with Crippen molar-refractivity contribution < 1.29 is 9.47 Å². The molecule has 0 aromatic carbocycles. The number of alkyl halides is 14. The van der Waals surface area contributed by atoms with E-state index in [0.29, 0.717) is 0 Å². The van der Waals surface area contributed by atoms with E-state index < -0.39 is 0 Å². The number of halogens is 14. The summed E-state index contributed by atoms with van der Waals surface area (Å²) in [5, 5.41) is 0. The molecule has 3 aliphatic carbocycles. The van der Waals surface area contributed by atoms with E-state index in [0.717, 1.165) is 0 Å². The van der Waals surface area contributed by atoms with Crippen molar-refractivity contribution in [1.82, 2.24) is 0 Å². The maximum absolute atomic E-state index is 6.82. The Kier molecular flexibility index (Phi) is 15.6. The predicted octanol–water partition coefficient (Wildman–Crippen LogP) is 10.2. The van der Waals surface area contributed by atoms with Gasteiger partial charge in [0.1, 0.15) is 0 Å². The fourth-order valence-electron chi connectivity index (χ4n) is 4.17. The van der Waals surface area contributed by atoms with Crippen LogP contribution in [0.5, 0.6) is 0 Å². The molecule has 0 saturated heterocycles. The van der Waals surface area contributed by atoms with Crippen LogP contribution in [0.1, 0.15) is 0 Å². The van der Waals surface area contributed by atoms with Gasteiger partial charge in [0.2, 0.25) is 0 Å². The average molecular weight is 1380 g/mol. The molecule has 200 valence electrons. The summed E-state index contributed by atoms with van der Waals surface area (Å²) in [6, 6.07) is 0. The first-order valence-corrected chi connectivity index (χ1v) is 22.8. The highest BCUT2D eigenvalue weighted by Crippen LogP contribution is 2.49. The molecular formula is C18H18Br14O2. The fraction of sp³-hybridized carbons (Fsp3) is 1.00. The van der Waals surface area contributed by atoms with E-state index in [1.54, 1.807) is 0 Å². The summed E-state index contributed by atoms with van der Waals surface area (Å²) in [6.07, 6.45) is -0.312. The van der Waals surface area contributed by atoms with Gasteiger partial charge in [0.25, 0.3) is 0 Å². The molecule has 3 aliphatic rings. The normalized spacial score (nSPS) is 59.1. The van der Waals surface area contributed by atoms with Gasteiger partial charge in [-0.1, -0.05) is 223 Å². The van der Waals surface area contributed by atoms with E-state index in [1.165, 1.54) is 0 Å². The smallest absolute Gasteiger partial charge is 0.0853 e. The van der Waals surface area contributed by atoms with Gasteiger partial charge in [-0.2, -0.15) is 0 Å². The van der Waals surface area contributed by atoms with Gasteiger partial charge in [-0.15, -0.1) is 0 Å². The molecule has 3 fully saturated rings. The van der Waals surface area contributed by atoms with Crippen LogP contribution in [0.15, 0.2) is 0 Å². The van der Waals surface area contributed by atoms with Gasteiger partial charge in [-0.25, -0.2) is 0 Å². The summed E-state index contributed by atoms with van der Waals surface area (Å²) in [7, 11) is 0.